The van der Waals surface area contributed by atoms with Crippen LogP contribution in [0.3, 0.4) is 0 Å². The van der Waals surface area contributed by atoms with E-state index in [0.29, 0.717) is 0 Å². The van der Waals surface area contributed by atoms with Gasteiger partial charge >= 0.3 is 0 Å². The van der Waals surface area contributed by atoms with Gasteiger partial charge in [0, 0.05) is 142 Å². The van der Waals surface area contributed by atoms with Gasteiger partial charge in [0.05, 0.1) is 0 Å². The van der Waals surface area contributed by atoms with E-state index in [0.717, 1.165) is 11.1 Å². The summed E-state index contributed by atoms with van der Waals surface area (Å²) in [6.45, 7) is 28.8. The summed E-state index contributed by atoms with van der Waals surface area (Å²) in [6.07, 6.45) is 9.90. The van der Waals surface area contributed by atoms with Crippen LogP contribution in [0.5, 0.6) is 0 Å². The Morgan fingerprint density at radius 3 is 0.556 bits per heavy atom. The molecule has 0 aliphatic heterocycles. The fraction of sp³-hybridized carbons (Fsp3) is 0.360. The van der Waals surface area contributed by atoms with Gasteiger partial charge in [0.15, 0.2) is 0 Å². The zero-order valence-corrected chi connectivity index (χ0v) is 53.4. The van der Waals surface area contributed by atoms with Crippen molar-refractivity contribution in [3.63, 3.8) is 0 Å². The van der Waals surface area contributed by atoms with Gasteiger partial charge in [-0.2, -0.15) is 49.2 Å². The van der Waals surface area contributed by atoms with E-state index < -0.39 is 0 Å². The van der Waals surface area contributed by atoms with Crippen LogP contribution in [0.2, 0.25) is 0 Å². The SMILES string of the molecule is CCC.CCC.CCC.CCC.CCCc1ccccc1.CCCc1ccccc1.[CH2-]c1ccccc1.[CH2-]c1ccccc1.[CH3-].[CH3-].[CH3-].[CH3-].[CH3-].[CH3-].[La].[La].[La].[La]. The predicted octanol–water partition coefficient (Wildman–Crippen LogP) is 17.4. The molecule has 0 fully saturated rings. The number of benzene rings is 4. The minimum absolute atomic E-state index is 0. The molecule has 0 aliphatic carbocycles. The maximum atomic E-state index is 3.72. The molecule has 0 N–H and O–H groups in total. The number of hydrogen-bond acceptors (Lipinski definition) is 0. The molecule has 0 atom stereocenters. The zero-order valence-electron chi connectivity index (χ0n) is 38.9. The standard InChI is InChI=1S/2C9H12.2C7H7.4C3H8.6CH3.4La/c2*1-2-6-9-7-4-3-5-8-9;2*1-7-5-3-2-4-6-7;4*1-3-2;;;;;;;;;;/h2*3-5,7-8H,2,6H2,1H3;2*2-6H,1H2;4*3H2,1-2H3;6*1H3;;;;/q;;2*-1;;;;;6*-1;;;;. The molecule has 0 saturated carbocycles. The van der Waals surface area contributed by atoms with E-state index in [2.05, 4.69) is 144 Å². The molecule has 54 heavy (non-hydrogen) atoms. The van der Waals surface area contributed by atoms with Gasteiger partial charge in [-0.3, -0.25) is 0 Å². The van der Waals surface area contributed by atoms with Crippen molar-refractivity contribution in [3.8, 4) is 0 Å². The maximum Gasteiger partial charge on any atom is 0 e. The molecular formula is C50H88La4-8. The maximum absolute atomic E-state index is 3.72. The minimum Gasteiger partial charge on any atom is -0.358 e. The zero-order chi connectivity index (χ0) is 34.1. The first kappa shape index (κ1) is 95.7. The molecule has 0 amide bonds. The van der Waals surface area contributed by atoms with Gasteiger partial charge in [0.2, 0.25) is 0 Å². The van der Waals surface area contributed by atoms with E-state index in [-0.39, 0.29) is 187 Å². The Hall–Kier alpha value is 1.40. The molecule has 4 heteroatoms. The second-order valence-electron chi connectivity index (χ2n) is 10.3. The fourth-order valence-corrected chi connectivity index (χ4v) is 2.82. The van der Waals surface area contributed by atoms with Gasteiger partial charge in [-0.1, -0.05) is 181 Å². The van der Waals surface area contributed by atoms with E-state index >= 15 is 0 Å². The van der Waals surface area contributed by atoms with Gasteiger partial charge in [0.1, 0.15) is 0 Å². The molecule has 0 heterocycles. The molecule has 0 nitrogen and oxygen atoms in total. The Morgan fingerprint density at radius 1 is 0.296 bits per heavy atom. The number of rotatable bonds is 4. The number of aryl methyl sites for hydroxylation is 2. The summed E-state index contributed by atoms with van der Waals surface area (Å²) in [5.41, 5.74) is 5.03. The van der Waals surface area contributed by atoms with E-state index in [1.165, 1.54) is 62.5 Å². The largest absolute Gasteiger partial charge is 0.358 e. The molecule has 4 radical (unpaired) electrons. The van der Waals surface area contributed by atoms with Crippen molar-refractivity contribution in [2.45, 2.75) is 121 Å². The summed E-state index contributed by atoms with van der Waals surface area (Å²) < 4.78 is 0. The van der Waals surface area contributed by atoms with Crippen LogP contribution >= 0.6 is 0 Å². The van der Waals surface area contributed by atoms with E-state index in [1.807, 2.05) is 60.7 Å². The summed E-state index contributed by atoms with van der Waals surface area (Å²) in [7, 11) is 0. The van der Waals surface area contributed by atoms with E-state index in [1.54, 1.807) is 0 Å². The van der Waals surface area contributed by atoms with Crippen molar-refractivity contribution in [2.24, 2.45) is 0 Å². The van der Waals surface area contributed by atoms with Crippen molar-refractivity contribution in [1.82, 2.24) is 0 Å². The molecule has 0 bridgehead atoms. The summed E-state index contributed by atoms with van der Waals surface area (Å²) >= 11 is 0. The molecule has 4 rings (SSSR count). The molecule has 0 aromatic heterocycles. The van der Waals surface area contributed by atoms with Crippen molar-refractivity contribution < 1.29 is 142 Å². The van der Waals surface area contributed by atoms with Crippen LogP contribution in [0.1, 0.15) is 130 Å². The van der Waals surface area contributed by atoms with Gasteiger partial charge in [-0.25, -0.2) is 0 Å². The van der Waals surface area contributed by atoms with Crippen molar-refractivity contribution in [3.05, 3.63) is 202 Å². The first-order valence-electron chi connectivity index (χ1n) is 17.1. The molecule has 0 aliphatic rings. The Morgan fingerprint density at radius 2 is 0.444 bits per heavy atom. The Kier molecular flexibility index (Phi) is 160. The summed E-state index contributed by atoms with van der Waals surface area (Å²) in [4.78, 5) is 0. The monoisotopic (exact) mass is 1240 g/mol. The summed E-state index contributed by atoms with van der Waals surface area (Å²) in [5.74, 6) is 0. The third kappa shape index (κ3) is 94.5. The van der Waals surface area contributed by atoms with Crippen LogP contribution < -0.4 is 0 Å². The number of hydrogen-bond donors (Lipinski definition) is 0. The van der Waals surface area contributed by atoms with Crippen LogP contribution in [-0.2, 0) is 12.8 Å². The third-order valence-electron chi connectivity index (χ3n) is 4.45. The predicted molar refractivity (Wildman–Crippen MR) is 245 cm³/mol. The first-order valence-corrected chi connectivity index (χ1v) is 17.1. The smallest absolute Gasteiger partial charge is 0 e. The molecule has 0 unspecified atom stereocenters. The second-order valence-corrected chi connectivity index (χ2v) is 10.3. The van der Waals surface area contributed by atoms with Crippen LogP contribution in [0, 0.1) is 201 Å². The normalized spacial score (nSPS) is 6.70. The van der Waals surface area contributed by atoms with Crippen LogP contribution in [-0.4, -0.2) is 0 Å². The van der Waals surface area contributed by atoms with Crippen molar-refractivity contribution in [1.29, 1.82) is 0 Å². The molecule has 0 spiro atoms. The third-order valence-corrected chi connectivity index (χ3v) is 4.45. The summed E-state index contributed by atoms with van der Waals surface area (Å²) in [6, 6.07) is 40.9. The molecule has 0 saturated heterocycles. The van der Waals surface area contributed by atoms with E-state index in [9.17, 15) is 0 Å². The fourth-order valence-electron chi connectivity index (χ4n) is 2.82. The topological polar surface area (TPSA) is 0 Å². The molecule has 308 valence electrons. The van der Waals surface area contributed by atoms with Crippen LogP contribution in [0.25, 0.3) is 0 Å². The first-order chi connectivity index (χ1) is 21.3. The van der Waals surface area contributed by atoms with Gasteiger partial charge in [-0.05, 0) is 24.0 Å². The van der Waals surface area contributed by atoms with Crippen molar-refractivity contribution >= 4 is 0 Å². The van der Waals surface area contributed by atoms with E-state index in [4.69, 9.17) is 0 Å². The van der Waals surface area contributed by atoms with Gasteiger partial charge in [-0.15, -0.1) is 24.3 Å². The van der Waals surface area contributed by atoms with Crippen molar-refractivity contribution in [2.75, 3.05) is 0 Å². The average Bonchev–Trinajstić information content (AvgIpc) is 3.02. The van der Waals surface area contributed by atoms with Gasteiger partial charge in [0.25, 0.3) is 0 Å². The van der Waals surface area contributed by atoms with Crippen LogP contribution in [0.4, 0.5) is 0 Å². The summed E-state index contributed by atoms with van der Waals surface area (Å²) in [5, 5.41) is 0. The molecule has 4 aromatic carbocycles. The molecular weight excluding hydrogens is 1160 g/mol. The second kappa shape index (κ2) is 90.5. The quantitative estimate of drug-likeness (QED) is 0.179. The Bertz CT molecular complexity index is 877. The Balaban J connectivity index is -0.0000000285. The van der Waals surface area contributed by atoms with Crippen LogP contribution in [0.15, 0.2) is 121 Å². The molecule has 4 aromatic rings. The van der Waals surface area contributed by atoms with Gasteiger partial charge < -0.3 is 44.6 Å². The Labute approximate surface area is 458 Å². The average molecular weight is 1240 g/mol. The minimum atomic E-state index is 0.